The van der Waals surface area contributed by atoms with Gasteiger partial charge in [0.2, 0.25) is 0 Å². The number of halogens is 1. The van der Waals surface area contributed by atoms with E-state index in [2.05, 4.69) is 9.97 Å². The predicted molar refractivity (Wildman–Crippen MR) is 77.2 cm³/mol. The molecule has 2 aliphatic rings. The fourth-order valence-corrected chi connectivity index (χ4v) is 4.41. The molecule has 0 spiro atoms. The maximum atomic E-state index is 6.24. The lowest BCUT2D eigenvalue weighted by atomic mass is 10.0. The zero-order chi connectivity index (χ0) is 12.4. The van der Waals surface area contributed by atoms with E-state index in [1.54, 1.807) is 0 Å². The molecular formula is C14H19ClN2S. The fourth-order valence-electron chi connectivity index (χ4n) is 2.92. The Labute approximate surface area is 118 Å². The van der Waals surface area contributed by atoms with Gasteiger partial charge >= 0.3 is 0 Å². The summed E-state index contributed by atoms with van der Waals surface area (Å²) in [4.78, 5) is 9.14. The molecule has 0 N–H and O–H groups in total. The summed E-state index contributed by atoms with van der Waals surface area (Å²) in [5.74, 6) is 1.87. The maximum Gasteiger partial charge on any atom is 0.140 e. The summed E-state index contributed by atoms with van der Waals surface area (Å²) in [6, 6.07) is 0. The third kappa shape index (κ3) is 2.83. The molecule has 0 unspecified atom stereocenters. The van der Waals surface area contributed by atoms with Gasteiger partial charge in [-0.1, -0.05) is 30.9 Å². The largest absolute Gasteiger partial charge is 0.237 e. The van der Waals surface area contributed by atoms with Gasteiger partial charge in [0, 0.05) is 16.5 Å². The van der Waals surface area contributed by atoms with Crippen LogP contribution in [0.25, 0.3) is 0 Å². The SMILES string of the molecule is Clc1nc(CSC2CCCCC2)nc2c1CCC2. The lowest BCUT2D eigenvalue weighted by molar-refractivity contribution is 0.516. The van der Waals surface area contributed by atoms with Gasteiger partial charge in [-0.15, -0.1) is 0 Å². The second-order valence-electron chi connectivity index (χ2n) is 5.28. The Morgan fingerprint density at radius 3 is 2.72 bits per heavy atom. The number of hydrogen-bond acceptors (Lipinski definition) is 3. The molecule has 18 heavy (non-hydrogen) atoms. The Morgan fingerprint density at radius 1 is 1.06 bits per heavy atom. The van der Waals surface area contributed by atoms with Gasteiger partial charge in [0.15, 0.2) is 0 Å². The highest BCUT2D eigenvalue weighted by Gasteiger charge is 2.19. The van der Waals surface area contributed by atoms with Crippen LogP contribution in [0.2, 0.25) is 5.15 Å². The number of thioether (sulfide) groups is 1. The molecule has 0 radical (unpaired) electrons. The number of fused-ring (bicyclic) bond motifs is 1. The second-order valence-corrected chi connectivity index (χ2v) is 6.93. The first-order chi connectivity index (χ1) is 8.83. The number of aromatic nitrogens is 2. The van der Waals surface area contributed by atoms with Gasteiger partial charge in [-0.2, -0.15) is 11.8 Å². The average Bonchev–Trinajstić information content (AvgIpc) is 2.86. The van der Waals surface area contributed by atoms with E-state index in [1.807, 2.05) is 11.8 Å². The normalized spacial score (nSPS) is 20.1. The Bertz CT molecular complexity index is 430. The molecular weight excluding hydrogens is 264 g/mol. The maximum absolute atomic E-state index is 6.24. The third-order valence-electron chi connectivity index (χ3n) is 3.93. The first kappa shape index (κ1) is 12.7. The van der Waals surface area contributed by atoms with Crippen LogP contribution in [0.3, 0.4) is 0 Å². The molecule has 4 heteroatoms. The van der Waals surface area contributed by atoms with E-state index in [-0.39, 0.29) is 0 Å². The van der Waals surface area contributed by atoms with Crippen LogP contribution >= 0.6 is 23.4 Å². The summed E-state index contributed by atoms with van der Waals surface area (Å²) in [6.45, 7) is 0. The van der Waals surface area contributed by atoms with Gasteiger partial charge in [-0.3, -0.25) is 0 Å². The summed E-state index contributed by atoms with van der Waals surface area (Å²) in [7, 11) is 0. The molecule has 1 saturated carbocycles. The monoisotopic (exact) mass is 282 g/mol. The molecule has 0 saturated heterocycles. The van der Waals surface area contributed by atoms with Crippen LogP contribution in [-0.4, -0.2) is 15.2 Å². The number of aryl methyl sites for hydroxylation is 1. The van der Waals surface area contributed by atoms with Crippen LogP contribution in [-0.2, 0) is 18.6 Å². The van der Waals surface area contributed by atoms with Crippen molar-refractivity contribution in [2.75, 3.05) is 0 Å². The topological polar surface area (TPSA) is 25.8 Å². The highest BCUT2D eigenvalue weighted by Crippen LogP contribution is 2.31. The number of nitrogens with zero attached hydrogens (tertiary/aromatic N) is 2. The molecule has 0 amide bonds. The first-order valence-corrected chi connectivity index (χ1v) is 8.41. The van der Waals surface area contributed by atoms with Crippen molar-refractivity contribution in [2.45, 2.75) is 62.4 Å². The van der Waals surface area contributed by atoms with Gasteiger partial charge in [0.05, 0.1) is 5.75 Å². The van der Waals surface area contributed by atoms with E-state index in [0.717, 1.165) is 29.7 Å². The lowest BCUT2D eigenvalue weighted by Crippen LogP contribution is -2.09. The van der Waals surface area contributed by atoms with E-state index >= 15 is 0 Å². The van der Waals surface area contributed by atoms with Crippen molar-refractivity contribution < 1.29 is 0 Å². The minimum Gasteiger partial charge on any atom is -0.237 e. The fraction of sp³-hybridized carbons (Fsp3) is 0.714. The van der Waals surface area contributed by atoms with E-state index in [4.69, 9.17) is 11.6 Å². The van der Waals surface area contributed by atoms with Gasteiger partial charge in [-0.25, -0.2) is 9.97 Å². The molecule has 1 aromatic rings. The van der Waals surface area contributed by atoms with Crippen molar-refractivity contribution >= 4 is 23.4 Å². The van der Waals surface area contributed by atoms with Crippen LogP contribution in [0, 0.1) is 0 Å². The van der Waals surface area contributed by atoms with Gasteiger partial charge in [0.1, 0.15) is 11.0 Å². The Balaban J connectivity index is 1.64. The highest BCUT2D eigenvalue weighted by molar-refractivity contribution is 7.99. The molecule has 0 atom stereocenters. The highest BCUT2D eigenvalue weighted by atomic mass is 35.5. The minimum atomic E-state index is 0.705. The average molecular weight is 283 g/mol. The standard InChI is InChI=1S/C14H19ClN2S/c15-14-11-7-4-8-12(11)16-13(17-14)9-18-10-5-2-1-3-6-10/h10H,1-9H2. The van der Waals surface area contributed by atoms with E-state index in [1.165, 1.54) is 49.8 Å². The first-order valence-electron chi connectivity index (χ1n) is 6.98. The van der Waals surface area contributed by atoms with Crippen LogP contribution in [0.5, 0.6) is 0 Å². The molecule has 1 heterocycles. The van der Waals surface area contributed by atoms with Crippen LogP contribution < -0.4 is 0 Å². The predicted octanol–water partition coefficient (Wildman–Crippen LogP) is 4.18. The van der Waals surface area contributed by atoms with Crippen molar-refractivity contribution in [2.24, 2.45) is 0 Å². The summed E-state index contributed by atoms with van der Waals surface area (Å²) < 4.78 is 0. The van der Waals surface area contributed by atoms with Crippen LogP contribution in [0.1, 0.15) is 55.6 Å². The molecule has 0 aromatic carbocycles. The van der Waals surface area contributed by atoms with E-state index in [9.17, 15) is 0 Å². The molecule has 2 aliphatic carbocycles. The quantitative estimate of drug-likeness (QED) is 0.778. The second kappa shape index (κ2) is 5.79. The molecule has 98 valence electrons. The smallest absolute Gasteiger partial charge is 0.140 e. The molecule has 1 fully saturated rings. The number of rotatable bonds is 3. The van der Waals surface area contributed by atoms with Crippen molar-refractivity contribution in [3.63, 3.8) is 0 Å². The Morgan fingerprint density at radius 2 is 1.89 bits per heavy atom. The molecule has 0 aliphatic heterocycles. The van der Waals surface area contributed by atoms with E-state index in [0.29, 0.717) is 5.15 Å². The van der Waals surface area contributed by atoms with Gasteiger partial charge in [-0.05, 0) is 32.1 Å². The zero-order valence-corrected chi connectivity index (χ0v) is 12.2. The van der Waals surface area contributed by atoms with Crippen molar-refractivity contribution in [3.8, 4) is 0 Å². The minimum absolute atomic E-state index is 0.705. The number of hydrogen-bond donors (Lipinski definition) is 0. The summed E-state index contributed by atoms with van der Waals surface area (Å²) in [5.41, 5.74) is 2.40. The summed E-state index contributed by atoms with van der Waals surface area (Å²) >= 11 is 8.26. The molecule has 3 rings (SSSR count). The third-order valence-corrected chi connectivity index (χ3v) is 5.61. The van der Waals surface area contributed by atoms with Crippen molar-refractivity contribution in [1.82, 2.24) is 9.97 Å². The van der Waals surface area contributed by atoms with Gasteiger partial charge < -0.3 is 0 Å². The zero-order valence-electron chi connectivity index (χ0n) is 10.6. The molecule has 1 aromatic heterocycles. The van der Waals surface area contributed by atoms with Crippen molar-refractivity contribution in [1.29, 1.82) is 0 Å². The summed E-state index contributed by atoms with van der Waals surface area (Å²) in [6.07, 6.45) is 10.3. The molecule has 2 nitrogen and oxygen atoms in total. The van der Waals surface area contributed by atoms with E-state index < -0.39 is 0 Å². The van der Waals surface area contributed by atoms with Crippen LogP contribution in [0.15, 0.2) is 0 Å². The lowest BCUT2D eigenvalue weighted by Gasteiger charge is -2.20. The summed E-state index contributed by atoms with van der Waals surface area (Å²) in [5, 5.41) is 1.52. The Hall–Kier alpha value is -0.280. The molecule has 0 bridgehead atoms. The van der Waals surface area contributed by atoms with Gasteiger partial charge in [0.25, 0.3) is 0 Å². The van der Waals surface area contributed by atoms with Crippen LogP contribution in [0.4, 0.5) is 0 Å². The van der Waals surface area contributed by atoms with Crippen molar-refractivity contribution in [3.05, 3.63) is 22.2 Å². The Kier molecular flexibility index (Phi) is 4.10.